The van der Waals surface area contributed by atoms with Crippen LogP contribution in [0.3, 0.4) is 0 Å². The normalized spacial score (nSPS) is 15.5. The van der Waals surface area contributed by atoms with E-state index in [2.05, 4.69) is 35.0 Å². The molecule has 0 radical (unpaired) electrons. The SMILES string of the molecule is O=C(Nc1cccc(-c2nncn2C2CC2)c1)c1cc(-c2cnc(C3CC3)cn2)ccn1. The van der Waals surface area contributed by atoms with Gasteiger partial charge in [0.05, 0.1) is 17.6 Å². The van der Waals surface area contributed by atoms with Gasteiger partial charge in [-0.2, -0.15) is 0 Å². The Morgan fingerprint density at radius 1 is 0.969 bits per heavy atom. The van der Waals surface area contributed by atoms with Crippen molar-refractivity contribution in [2.75, 3.05) is 5.32 Å². The molecule has 32 heavy (non-hydrogen) atoms. The minimum absolute atomic E-state index is 0.282. The number of hydrogen-bond acceptors (Lipinski definition) is 6. The Labute approximate surface area is 184 Å². The molecular weight excluding hydrogens is 402 g/mol. The summed E-state index contributed by atoms with van der Waals surface area (Å²) in [7, 11) is 0. The lowest BCUT2D eigenvalue weighted by molar-refractivity contribution is 0.102. The zero-order valence-electron chi connectivity index (χ0n) is 17.3. The molecule has 0 saturated heterocycles. The molecular formula is C24H21N7O. The first-order chi connectivity index (χ1) is 15.7. The largest absolute Gasteiger partial charge is 0.321 e. The molecule has 6 rings (SSSR count). The van der Waals surface area contributed by atoms with Gasteiger partial charge in [0.2, 0.25) is 0 Å². The maximum atomic E-state index is 12.9. The summed E-state index contributed by atoms with van der Waals surface area (Å²) < 4.78 is 2.10. The highest BCUT2D eigenvalue weighted by molar-refractivity contribution is 6.03. The first kappa shape index (κ1) is 18.8. The van der Waals surface area contributed by atoms with Gasteiger partial charge in [-0.1, -0.05) is 12.1 Å². The van der Waals surface area contributed by atoms with Crippen LogP contribution in [0, 0.1) is 0 Å². The molecule has 8 nitrogen and oxygen atoms in total. The number of hydrogen-bond donors (Lipinski definition) is 1. The summed E-state index contributed by atoms with van der Waals surface area (Å²) in [5.41, 5.74) is 4.50. The lowest BCUT2D eigenvalue weighted by Gasteiger charge is -2.09. The van der Waals surface area contributed by atoms with Crippen LogP contribution in [0.1, 0.15) is 53.8 Å². The lowest BCUT2D eigenvalue weighted by Crippen LogP contribution is -2.13. The van der Waals surface area contributed by atoms with Crippen LogP contribution in [-0.2, 0) is 0 Å². The van der Waals surface area contributed by atoms with Crippen molar-refractivity contribution in [2.45, 2.75) is 37.6 Å². The summed E-state index contributed by atoms with van der Waals surface area (Å²) in [5.74, 6) is 1.09. The average Bonchev–Trinajstić information content (AvgIpc) is 3.78. The Balaban J connectivity index is 1.21. The van der Waals surface area contributed by atoms with Crippen LogP contribution in [0.5, 0.6) is 0 Å². The van der Waals surface area contributed by atoms with Gasteiger partial charge in [0.1, 0.15) is 12.0 Å². The summed E-state index contributed by atoms with van der Waals surface area (Å²) in [4.78, 5) is 26.2. The second kappa shape index (κ2) is 7.64. The molecule has 2 aliphatic carbocycles. The minimum Gasteiger partial charge on any atom is -0.321 e. The van der Waals surface area contributed by atoms with Crippen molar-refractivity contribution >= 4 is 11.6 Å². The van der Waals surface area contributed by atoms with Gasteiger partial charge in [0.25, 0.3) is 5.91 Å². The highest BCUT2D eigenvalue weighted by Gasteiger charge is 2.27. The first-order valence-corrected chi connectivity index (χ1v) is 10.8. The fraction of sp³-hybridized carbons (Fsp3) is 0.250. The maximum Gasteiger partial charge on any atom is 0.274 e. The fourth-order valence-corrected chi connectivity index (χ4v) is 3.79. The van der Waals surface area contributed by atoms with Crippen molar-refractivity contribution in [3.8, 4) is 22.6 Å². The van der Waals surface area contributed by atoms with Crippen molar-refractivity contribution in [1.82, 2.24) is 29.7 Å². The Morgan fingerprint density at radius 3 is 2.66 bits per heavy atom. The van der Waals surface area contributed by atoms with E-state index in [1.165, 1.54) is 12.8 Å². The van der Waals surface area contributed by atoms with E-state index in [9.17, 15) is 4.79 Å². The highest BCUT2D eigenvalue weighted by atomic mass is 16.1. The van der Waals surface area contributed by atoms with Gasteiger partial charge in [-0.25, -0.2) is 0 Å². The molecule has 4 aromatic rings. The number of carbonyl (C=O) groups excluding carboxylic acids is 1. The van der Waals surface area contributed by atoms with E-state index in [-0.39, 0.29) is 5.91 Å². The standard InChI is InChI=1S/C24H21N7O/c32-24(20-11-16(8-9-25-20)22-13-26-21(12-27-22)15-4-5-15)29-18-3-1-2-17(10-18)23-30-28-14-31(23)19-6-7-19/h1-3,8-15,19H,4-7H2,(H,29,32). The maximum absolute atomic E-state index is 12.9. The number of aromatic nitrogens is 6. The van der Waals surface area contributed by atoms with E-state index in [0.29, 0.717) is 23.3 Å². The predicted molar refractivity (Wildman–Crippen MR) is 119 cm³/mol. The molecule has 0 spiro atoms. The molecule has 0 atom stereocenters. The van der Waals surface area contributed by atoms with Gasteiger partial charge in [-0.05, 0) is 49.9 Å². The van der Waals surface area contributed by atoms with Crippen molar-refractivity contribution in [2.24, 2.45) is 0 Å². The van der Waals surface area contributed by atoms with Crippen molar-refractivity contribution in [1.29, 1.82) is 0 Å². The molecule has 3 aromatic heterocycles. The number of amides is 1. The number of anilines is 1. The Bertz CT molecular complexity index is 1290. The third-order valence-corrected chi connectivity index (χ3v) is 5.85. The molecule has 8 heteroatoms. The Hall–Kier alpha value is -3.94. The third-order valence-electron chi connectivity index (χ3n) is 5.85. The molecule has 0 aliphatic heterocycles. The molecule has 158 valence electrons. The summed E-state index contributed by atoms with van der Waals surface area (Å²) in [6.45, 7) is 0. The molecule has 2 fully saturated rings. The number of benzene rings is 1. The van der Waals surface area contributed by atoms with Crippen molar-refractivity contribution < 1.29 is 4.79 Å². The number of pyridine rings is 1. The summed E-state index contributed by atoms with van der Waals surface area (Å²) in [5, 5.41) is 11.3. The second-order valence-corrected chi connectivity index (χ2v) is 8.36. The fourth-order valence-electron chi connectivity index (χ4n) is 3.79. The molecule has 3 heterocycles. The van der Waals surface area contributed by atoms with Gasteiger partial charge in [0.15, 0.2) is 5.82 Å². The van der Waals surface area contributed by atoms with Crippen LogP contribution in [0.2, 0.25) is 0 Å². The molecule has 2 saturated carbocycles. The van der Waals surface area contributed by atoms with E-state index in [0.717, 1.165) is 41.2 Å². The predicted octanol–water partition coefficient (Wildman–Crippen LogP) is 4.26. The molecule has 1 aromatic carbocycles. The van der Waals surface area contributed by atoms with Crippen LogP contribution in [-0.4, -0.2) is 35.6 Å². The van der Waals surface area contributed by atoms with Crippen LogP contribution in [0.25, 0.3) is 22.6 Å². The van der Waals surface area contributed by atoms with Gasteiger partial charge < -0.3 is 9.88 Å². The monoisotopic (exact) mass is 423 g/mol. The molecule has 1 N–H and O–H groups in total. The average molecular weight is 423 g/mol. The van der Waals surface area contributed by atoms with Crippen molar-refractivity contribution in [3.63, 3.8) is 0 Å². The van der Waals surface area contributed by atoms with Crippen LogP contribution < -0.4 is 5.32 Å². The van der Waals surface area contributed by atoms with Crippen LogP contribution >= 0.6 is 0 Å². The lowest BCUT2D eigenvalue weighted by atomic mass is 10.1. The minimum atomic E-state index is -0.282. The van der Waals surface area contributed by atoms with E-state index >= 15 is 0 Å². The number of nitrogens with one attached hydrogen (secondary N) is 1. The highest BCUT2D eigenvalue weighted by Crippen LogP contribution is 2.39. The number of carbonyl (C=O) groups is 1. The zero-order chi connectivity index (χ0) is 21.5. The first-order valence-electron chi connectivity index (χ1n) is 10.8. The van der Waals surface area contributed by atoms with E-state index in [1.54, 1.807) is 24.8 Å². The van der Waals surface area contributed by atoms with E-state index < -0.39 is 0 Å². The van der Waals surface area contributed by atoms with Crippen LogP contribution in [0.15, 0.2) is 61.3 Å². The quantitative estimate of drug-likeness (QED) is 0.497. The topological polar surface area (TPSA) is 98.5 Å². The summed E-state index contributed by atoms with van der Waals surface area (Å²) in [6.07, 6.45) is 11.7. The second-order valence-electron chi connectivity index (χ2n) is 8.36. The summed E-state index contributed by atoms with van der Waals surface area (Å²) >= 11 is 0. The van der Waals surface area contributed by atoms with E-state index in [4.69, 9.17) is 0 Å². The third kappa shape index (κ3) is 3.75. The van der Waals surface area contributed by atoms with Gasteiger partial charge in [0, 0.05) is 41.2 Å². The molecule has 1 amide bonds. The smallest absolute Gasteiger partial charge is 0.274 e. The zero-order valence-corrected chi connectivity index (χ0v) is 17.3. The van der Waals surface area contributed by atoms with E-state index in [1.807, 2.05) is 36.5 Å². The number of rotatable bonds is 6. The van der Waals surface area contributed by atoms with Crippen LogP contribution in [0.4, 0.5) is 5.69 Å². The van der Waals surface area contributed by atoms with Gasteiger partial charge >= 0.3 is 0 Å². The van der Waals surface area contributed by atoms with Crippen molar-refractivity contribution in [3.05, 3.63) is 72.7 Å². The Morgan fingerprint density at radius 2 is 1.88 bits per heavy atom. The molecule has 2 aliphatic rings. The molecule has 0 bridgehead atoms. The summed E-state index contributed by atoms with van der Waals surface area (Å²) in [6, 6.07) is 11.7. The Kier molecular flexibility index (Phi) is 4.49. The number of nitrogens with zero attached hydrogens (tertiary/aromatic N) is 6. The van der Waals surface area contributed by atoms with Gasteiger partial charge in [-0.3, -0.25) is 19.7 Å². The molecule has 0 unspecified atom stereocenters. The van der Waals surface area contributed by atoms with Gasteiger partial charge in [-0.15, -0.1) is 10.2 Å².